The highest BCUT2D eigenvalue weighted by molar-refractivity contribution is 9.10. The maximum absolute atomic E-state index is 3.55. The van der Waals surface area contributed by atoms with Crippen LogP contribution in [0.1, 0.15) is 29.5 Å². The van der Waals surface area contributed by atoms with Gasteiger partial charge < -0.3 is 4.48 Å². The zero-order valence-corrected chi connectivity index (χ0v) is 22.7. The Bertz CT molecular complexity index is 907. The Morgan fingerprint density at radius 1 is 0.688 bits per heavy atom. The van der Waals surface area contributed by atoms with Gasteiger partial charge in [0.05, 0.1) is 20.6 Å². The van der Waals surface area contributed by atoms with E-state index in [-0.39, 0.29) is 0 Å². The summed E-state index contributed by atoms with van der Waals surface area (Å²) in [5.74, 6) is 0. The van der Waals surface area contributed by atoms with E-state index in [0.29, 0.717) is 0 Å². The first kappa shape index (κ1) is 25.2. The number of rotatable bonds is 11. The van der Waals surface area contributed by atoms with Crippen LogP contribution in [0.3, 0.4) is 0 Å². The predicted octanol–water partition coefficient (Wildman–Crippen LogP) is 5.53. The van der Waals surface area contributed by atoms with Crippen LogP contribution in [0.2, 0.25) is 0 Å². The van der Waals surface area contributed by atoms with Gasteiger partial charge in [-0.3, -0.25) is 4.90 Å². The van der Waals surface area contributed by atoms with E-state index in [1.807, 2.05) is 0 Å². The highest BCUT2D eigenvalue weighted by Gasteiger charge is 2.16. The summed E-state index contributed by atoms with van der Waals surface area (Å²) >= 11 is 7.08. The second-order valence-corrected chi connectivity index (χ2v) is 11.3. The SMILES string of the molecule is Bc1ccc(CN(CCCC[N+](C)(C)Cc2ccc(Br)cc2)Cc2ccc(Br)cc2)cc1. The number of benzene rings is 3. The second-order valence-electron chi connectivity index (χ2n) is 9.47. The average molecular weight is 557 g/mol. The molecule has 0 heterocycles. The molecule has 3 aromatic carbocycles. The van der Waals surface area contributed by atoms with Gasteiger partial charge in [-0.25, -0.2) is 0 Å². The molecule has 5 heteroatoms. The van der Waals surface area contributed by atoms with Crippen molar-refractivity contribution in [1.29, 1.82) is 0 Å². The van der Waals surface area contributed by atoms with Gasteiger partial charge >= 0.3 is 0 Å². The van der Waals surface area contributed by atoms with Gasteiger partial charge in [-0.2, -0.15) is 0 Å². The Hall–Kier alpha value is -1.40. The lowest BCUT2D eigenvalue weighted by atomic mass is 9.95. The van der Waals surface area contributed by atoms with Gasteiger partial charge in [-0.15, -0.1) is 0 Å². The van der Waals surface area contributed by atoms with Crippen molar-refractivity contribution in [3.8, 4) is 0 Å². The Morgan fingerprint density at radius 3 is 1.69 bits per heavy atom. The fraction of sp³-hybridized carbons (Fsp3) is 0.333. The minimum Gasteiger partial charge on any atom is -0.325 e. The lowest BCUT2D eigenvalue weighted by Gasteiger charge is -2.30. The molecular formula is C27H34BBr2N2+. The maximum atomic E-state index is 3.55. The molecule has 0 aliphatic carbocycles. The van der Waals surface area contributed by atoms with Crippen molar-refractivity contribution in [2.24, 2.45) is 0 Å². The minimum absolute atomic E-state index is 0.984. The van der Waals surface area contributed by atoms with E-state index in [4.69, 9.17) is 0 Å². The molecule has 0 aromatic heterocycles. The summed E-state index contributed by atoms with van der Waals surface area (Å²) in [6, 6.07) is 26.4. The van der Waals surface area contributed by atoms with E-state index in [1.54, 1.807) is 0 Å². The van der Waals surface area contributed by atoms with Crippen LogP contribution >= 0.6 is 31.9 Å². The maximum Gasteiger partial charge on any atom is 0.139 e. The lowest BCUT2D eigenvalue weighted by molar-refractivity contribution is -0.903. The number of halogens is 2. The van der Waals surface area contributed by atoms with Crippen LogP contribution in [0.25, 0.3) is 0 Å². The first-order valence-corrected chi connectivity index (χ1v) is 13.0. The van der Waals surface area contributed by atoms with Crippen LogP contribution in [0.4, 0.5) is 0 Å². The third-order valence-electron chi connectivity index (χ3n) is 5.86. The van der Waals surface area contributed by atoms with Crippen LogP contribution in [-0.2, 0) is 19.6 Å². The summed E-state index contributed by atoms with van der Waals surface area (Å²) in [5.41, 5.74) is 5.47. The minimum atomic E-state index is 0.984. The molecule has 0 aliphatic rings. The predicted molar refractivity (Wildman–Crippen MR) is 147 cm³/mol. The molecule has 0 radical (unpaired) electrons. The van der Waals surface area contributed by atoms with Crippen molar-refractivity contribution in [2.75, 3.05) is 27.2 Å². The van der Waals surface area contributed by atoms with Gasteiger partial charge in [0.2, 0.25) is 0 Å². The van der Waals surface area contributed by atoms with Gasteiger partial charge in [0.1, 0.15) is 14.4 Å². The van der Waals surface area contributed by atoms with Crippen molar-refractivity contribution in [2.45, 2.75) is 32.5 Å². The normalized spacial score (nSPS) is 11.8. The van der Waals surface area contributed by atoms with E-state index < -0.39 is 0 Å². The smallest absolute Gasteiger partial charge is 0.139 e. The molecule has 0 amide bonds. The van der Waals surface area contributed by atoms with E-state index >= 15 is 0 Å². The molecule has 0 fully saturated rings. The number of hydrogen-bond acceptors (Lipinski definition) is 1. The molecular weight excluding hydrogens is 523 g/mol. The summed E-state index contributed by atoms with van der Waals surface area (Å²) in [6.07, 6.45) is 2.44. The van der Waals surface area contributed by atoms with E-state index in [1.165, 1.54) is 41.5 Å². The van der Waals surface area contributed by atoms with Gasteiger partial charge in [-0.05, 0) is 54.8 Å². The Kier molecular flexibility index (Phi) is 9.60. The first-order chi connectivity index (χ1) is 15.3. The van der Waals surface area contributed by atoms with Gasteiger partial charge in [-0.1, -0.05) is 85.9 Å². The first-order valence-electron chi connectivity index (χ1n) is 11.4. The standard InChI is InChI=1S/C27H34BBr2N2/c1-32(2,21-24-9-15-27(30)16-10-24)18-4-3-17-31(19-22-5-11-25(28)12-6-22)20-23-7-13-26(29)14-8-23/h5-16H,3-4,17-21,28H2,1-2H3/q+1. The van der Waals surface area contributed by atoms with E-state index in [2.05, 4.69) is 131 Å². The monoisotopic (exact) mass is 555 g/mol. The fourth-order valence-electron chi connectivity index (χ4n) is 4.05. The Balaban J connectivity index is 1.54. The molecule has 0 spiro atoms. The number of hydrogen-bond donors (Lipinski definition) is 0. The number of unbranched alkanes of at least 4 members (excludes halogenated alkanes) is 1. The molecule has 0 bridgehead atoms. The molecule has 0 unspecified atom stereocenters. The van der Waals surface area contributed by atoms with Crippen LogP contribution in [0, 0.1) is 0 Å². The highest BCUT2D eigenvalue weighted by Crippen LogP contribution is 2.17. The van der Waals surface area contributed by atoms with Gasteiger partial charge in [0, 0.05) is 27.6 Å². The number of nitrogens with zero attached hydrogens (tertiary/aromatic N) is 2. The van der Waals surface area contributed by atoms with Crippen molar-refractivity contribution in [1.82, 2.24) is 4.90 Å². The molecule has 32 heavy (non-hydrogen) atoms. The summed E-state index contributed by atoms with van der Waals surface area (Å²) in [6.45, 7) is 5.35. The van der Waals surface area contributed by atoms with Gasteiger partial charge in [0.25, 0.3) is 0 Å². The van der Waals surface area contributed by atoms with Crippen molar-refractivity contribution in [3.63, 3.8) is 0 Å². The quantitative estimate of drug-likeness (QED) is 0.170. The van der Waals surface area contributed by atoms with Crippen LogP contribution in [0.5, 0.6) is 0 Å². The lowest BCUT2D eigenvalue weighted by Crippen LogP contribution is -2.39. The molecule has 3 rings (SSSR count). The van der Waals surface area contributed by atoms with Crippen molar-refractivity contribution >= 4 is 45.2 Å². The molecule has 0 aliphatic heterocycles. The Labute approximate surface area is 211 Å². The molecule has 0 atom stereocenters. The second kappa shape index (κ2) is 12.2. The molecule has 0 saturated heterocycles. The third kappa shape index (κ3) is 8.86. The van der Waals surface area contributed by atoms with Crippen LogP contribution in [-0.4, -0.2) is 44.4 Å². The summed E-state index contributed by atoms with van der Waals surface area (Å²) < 4.78 is 3.30. The molecule has 2 nitrogen and oxygen atoms in total. The van der Waals surface area contributed by atoms with Crippen molar-refractivity contribution in [3.05, 3.63) is 98.4 Å². The highest BCUT2D eigenvalue weighted by atomic mass is 79.9. The average Bonchev–Trinajstić information content (AvgIpc) is 2.76. The van der Waals surface area contributed by atoms with Crippen LogP contribution in [0.15, 0.2) is 81.7 Å². The fourth-order valence-corrected chi connectivity index (χ4v) is 4.58. The molecule has 168 valence electrons. The summed E-state index contributed by atoms with van der Waals surface area (Å²) in [7, 11) is 6.83. The molecule has 0 N–H and O–H groups in total. The van der Waals surface area contributed by atoms with E-state index in [0.717, 1.165) is 39.6 Å². The Morgan fingerprint density at radius 2 is 1.16 bits per heavy atom. The molecule has 0 saturated carbocycles. The van der Waals surface area contributed by atoms with Gasteiger partial charge in [0.15, 0.2) is 0 Å². The zero-order valence-electron chi connectivity index (χ0n) is 19.5. The summed E-state index contributed by atoms with van der Waals surface area (Å²) in [4.78, 5) is 2.59. The third-order valence-corrected chi connectivity index (χ3v) is 6.92. The zero-order chi connectivity index (χ0) is 23.0. The van der Waals surface area contributed by atoms with E-state index in [9.17, 15) is 0 Å². The van der Waals surface area contributed by atoms with Crippen LogP contribution < -0.4 is 5.46 Å². The summed E-state index contributed by atoms with van der Waals surface area (Å²) in [5, 5.41) is 0. The van der Waals surface area contributed by atoms with Crippen molar-refractivity contribution < 1.29 is 4.48 Å². The topological polar surface area (TPSA) is 3.24 Å². The number of quaternary nitrogens is 1. The largest absolute Gasteiger partial charge is 0.325 e. The molecule has 3 aromatic rings.